The van der Waals surface area contributed by atoms with Gasteiger partial charge in [0.1, 0.15) is 12.1 Å². The molecule has 7 nitrogen and oxygen atoms in total. The van der Waals surface area contributed by atoms with Gasteiger partial charge in [-0.2, -0.15) is 0 Å². The number of aliphatic hydroxyl groups excluding tert-OH is 1. The molecule has 1 aromatic heterocycles. The Labute approximate surface area is 145 Å². The molecule has 0 aliphatic carbocycles. The Morgan fingerprint density at radius 2 is 2.04 bits per heavy atom. The monoisotopic (exact) mass is 340 g/mol. The van der Waals surface area contributed by atoms with Gasteiger partial charge in [-0.15, -0.1) is 0 Å². The number of para-hydroxylation sites is 1. The fourth-order valence-electron chi connectivity index (χ4n) is 3.66. The Bertz CT molecular complexity index is 820. The van der Waals surface area contributed by atoms with Crippen molar-refractivity contribution >= 4 is 22.7 Å². The number of hydrogen-bond acceptors (Lipinski definition) is 5. The molecule has 7 heteroatoms. The fourth-order valence-corrected chi connectivity index (χ4v) is 3.66. The van der Waals surface area contributed by atoms with Crippen molar-refractivity contribution in [3.8, 4) is 0 Å². The van der Waals surface area contributed by atoms with E-state index in [2.05, 4.69) is 21.3 Å². The smallest absolute Gasteiger partial charge is 0.248 e. The second-order valence-corrected chi connectivity index (χ2v) is 6.52. The maximum Gasteiger partial charge on any atom is 0.248 e. The van der Waals surface area contributed by atoms with Crippen molar-refractivity contribution in [1.82, 2.24) is 20.1 Å². The van der Waals surface area contributed by atoms with Gasteiger partial charge < -0.3 is 15.3 Å². The van der Waals surface area contributed by atoms with Gasteiger partial charge in [0, 0.05) is 37.8 Å². The first-order chi connectivity index (χ1) is 12.2. The number of fused-ring (bicyclic) bond motifs is 2. The summed E-state index contributed by atoms with van der Waals surface area (Å²) < 4.78 is 0. The number of piperazine rings is 2. The number of aliphatic hydroxyl groups is 1. The minimum Gasteiger partial charge on any atom is -0.394 e. The first-order valence-electron chi connectivity index (χ1n) is 8.44. The molecule has 2 atom stereocenters. The quantitative estimate of drug-likeness (QED) is 0.804. The van der Waals surface area contributed by atoms with E-state index in [1.54, 1.807) is 11.1 Å². The van der Waals surface area contributed by atoms with Crippen LogP contribution in [0.25, 0.3) is 10.9 Å². The number of pyridine rings is 1. The maximum absolute atomic E-state index is 12.3. The molecule has 130 valence electrons. The number of carbonyl (C=O) groups is 2. The molecule has 2 aromatic rings. The molecule has 1 aromatic carbocycles. The van der Waals surface area contributed by atoms with Crippen LogP contribution in [0.3, 0.4) is 0 Å². The second-order valence-electron chi connectivity index (χ2n) is 6.52. The molecule has 0 unspecified atom stereocenters. The summed E-state index contributed by atoms with van der Waals surface area (Å²) >= 11 is 0. The van der Waals surface area contributed by atoms with Gasteiger partial charge in [0.25, 0.3) is 0 Å². The van der Waals surface area contributed by atoms with Crippen molar-refractivity contribution in [2.24, 2.45) is 0 Å². The van der Waals surface area contributed by atoms with Crippen LogP contribution >= 0.6 is 0 Å². The van der Waals surface area contributed by atoms with Crippen LogP contribution in [0.4, 0.5) is 0 Å². The van der Waals surface area contributed by atoms with Crippen molar-refractivity contribution in [3.63, 3.8) is 0 Å². The van der Waals surface area contributed by atoms with Crippen LogP contribution in [0.15, 0.2) is 36.5 Å². The Morgan fingerprint density at radius 3 is 2.88 bits per heavy atom. The Hall–Kier alpha value is -2.51. The van der Waals surface area contributed by atoms with E-state index in [9.17, 15) is 14.7 Å². The molecular weight excluding hydrogens is 320 g/mol. The third-order valence-electron chi connectivity index (χ3n) is 4.96. The van der Waals surface area contributed by atoms with Crippen molar-refractivity contribution in [2.75, 3.05) is 26.2 Å². The minimum atomic E-state index is -0.808. The zero-order valence-corrected chi connectivity index (χ0v) is 13.8. The summed E-state index contributed by atoms with van der Waals surface area (Å²) in [5.74, 6) is -0.391. The van der Waals surface area contributed by atoms with Gasteiger partial charge in [-0.25, -0.2) is 0 Å². The van der Waals surface area contributed by atoms with Crippen molar-refractivity contribution < 1.29 is 14.7 Å². The zero-order valence-electron chi connectivity index (χ0n) is 13.8. The molecule has 0 saturated carbocycles. The first-order valence-corrected chi connectivity index (χ1v) is 8.44. The van der Waals surface area contributed by atoms with E-state index in [4.69, 9.17) is 0 Å². The van der Waals surface area contributed by atoms with E-state index in [1.165, 1.54) is 0 Å². The van der Waals surface area contributed by atoms with Gasteiger partial charge >= 0.3 is 0 Å². The number of nitrogens with one attached hydrogen (secondary N) is 1. The average Bonchev–Trinajstić information content (AvgIpc) is 2.65. The number of hydrogen-bond donors (Lipinski definition) is 2. The van der Waals surface area contributed by atoms with Crippen molar-refractivity contribution in [2.45, 2.75) is 18.6 Å². The largest absolute Gasteiger partial charge is 0.394 e. The molecule has 25 heavy (non-hydrogen) atoms. The van der Waals surface area contributed by atoms with Crippen LogP contribution < -0.4 is 5.32 Å². The molecule has 2 N–H and O–H groups in total. The van der Waals surface area contributed by atoms with Crippen LogP contribution in [0.1, 0.15) is 5.56 Å². The molecule has 3 heterocycles. The van der Waals surface area contributed by atoms with Crippen molar-refractivity contribution in [1.29, 1.82) is 0 Å². The maximum atomic E-state index is 12.3. The number of benzene rings is 1. The standard InChI is InChI=1S/C18H20N4O3/c23-11-14-18(25)22-8-7-21(10-15(22)17(24)20-14)9-13-4-1-3-12-5-2-6-19-16(12)13/h1-6,14-15,23H,7-11H2,(H,20,24)/t14-,15-/m1/s1. The number of amides is 2. The van der Waals surface area contributed by atoms with Gasteiger partial charge in [-0.3, -0.25) is 19.5 Å². The number of rotatable bonds is 3. The minimum absolute atomic E-state index is 0.195. The molecule has 2 saturated heterocycles. The summed E-state index contributed by atoms with van der Waals surface area (Å²) in [6, 6.07) is 8.75. The van der Waals surface area contributed by atoms with Crippen LogP contribution in [0.5, 0.6) is 0 Å². The van der Waals surface area contributed by atoms with Crippen LogP contribution in [-0.2, 0) is 16.1 Å². The SMILES string of the molecule is O=C1N[C@H](CO)C(=O)N2CCN(Cc3cccc4cccnc34)C[C@H]12. The normalized spacial score (nSPS) is 24.3. The lowest BCUT2D eigenvalue weighted by Crippen LogP contribution is -2.69. The molecular formula is C18H20N4O3. The highest BCUT2D eigenvalue weighted by Crippen LogP contribution is 2.21. The van der Waals surface area contributed by atoms with E-state index < -0.39 is 12.1 Å². The van der Waals surface area contributed by atoms with Gasteiger partial charge in [0.05, 0.1) is 12.1 Å². The van der Waals surface area contributed by atoms with E-state index >= 15 is 0 Å². The summed E-state index contributed by atoms with van der Waals surface area (Å²) in [4.78, 5) is 32.8. The van der Waals surface area contributed by atoms with Crippen LogP contribution in [0, 0.1) is 0 Å². The van der Waals surface area contributed by atoms with E-state index in [-0.39, 0.29) is 18.4 Å². The van der Waals surface area contributed by atoms with Gasteiger partial charge in [0.2, 0.25) is 11.8 Å². The predicted octanol–water partition coefficient (Wildman–Crippen LogP) is -0.262. The average molecular weight is 340 g/mol. The summed E-state index contributed by atoms with van der Waals surface area (Å²) in [5, 5.41) is 12.9. The molecule has 0 bridgehead atoms. The lowest BCUT2D eigenvalue weighted by atomic mass is 10.0. The molecule has 2 aliphatic rings. The topological polar surface area (TPSA) is 85.8 Å². The molecule has 0 spiro atoms. The number of nitrogens with zero attached hydrogens (tertiary/aromatic N) is 3. The van der Waals surface area contributed by atoms with Crippen LogP contribution in [-0.4, -0.2) is 70.0 Å². The lowest BCUT2D eigenvalue weighted by Gasteiger charge is -2.45. The summed E-state index contributed by atoms with van der Waals surface area (Å²) in [6.45, 7) is 1.99. The second kappa shape index (κ2) is 6.42. The Balaban J connectivity index is 1.53. The lowest BCUT2D eigenvalue weighted by molar-refractivity contribution is -0.154. The zero-order chi connectivity index (χ0) is 17.4. The Morgan fingerprint density at radius 1 is 1.20 bits per heavy atom. The molecule has 2 fully saturated rings. The highest BCUT2D eigenvalue weighted by atomic mass is 16.3. The predicted molar refractivity (Wildman–Crippen MR) is 91.5 cm³/mol. The third kappa shape index (κ3) is 2.85. The van der Waals surface area contributed by atoms with Crippen LogP contribution in [0.2, 0.25) is 0 Å². The van der Waals surface area contributed by atoms with Gasteiger partial charge in [0.15, 0.2) is 0 Å². The van der Waals surface area contributed by atoms with Gasteiger partial charge in [-0.1, -0.05) is 24.3 Å². The highest BCUT2D eigenvalue weighted by molar-refractivity contribution is 5.97. The summed E-state index contributed by atoms with van der Waals surface area (Å²) in [5.41, 5.74) is 2.08. The summed E-state index contributed by atoms with van der Waals surface area (Å²) in [6.07, 6.45) is 1.78. The molecule has 0 radical (unpaired) electrons. The number of aromatic nitrogens is 1. The van der Waals surface area contributed by atoms with Crippen molar-refractivity contribution in [3.05, 3.63) is 42.1 Å². The first kappa shape index (κ1) is 16.0. The fraction of sp³-hybridized carbons (Fsp3) is 0.389. The summed E-state index contributed by atoms with van der Waals surface area (Å²) in [7, 11) is 0. The highest BCUT2D eigenvalue weighted by Gasteiger charge is 2.43. The molecule has 4 rings (SSSR count). The number of carbonyl (C=O) groups excluding carboxylic acids is 2. The third-order valence-corrected chi connectivity index (χ3v) is 4.96. The van der Waals surface area contributed by atoms with E-state index in [0.717, 1.165) is 16.5 Å². The Kier molecular flexibility index (Phi) is 4.10. The molecule has 2 amide bonds. The van der Waals surface area contributed by atoms with Gasteiger partial charge in [-0.05, 0) is 11.6 Å². The molecule has 2 aliphatic heterocycles. The van der Waals surface area contributed by atoms with E-state index in [1.807, 2.05) is 24.3 Å². The van der Waals surface area contributed by atoms with E-state index in [0.29, 0.717) is 26.2 Å².